The van der Waals surface area contributed by atoms with Gasteiger partial charge in [-0.05, 0) is 51.5 Å². The van der Waals surface area contributed by atoms with E-state index in [1.807, 2.05) is 13.8 Å². The molecule has 0 radical (unpaired) electrons. The zero-order chi connectivity index (χ0) is 18.1. The van der Waals surface area contributed by atoms with Crippen LogP contribution in [0.4, 0.5) is 0 Å². The lowest BCUT2D eigenvalue weighted by atomic mass is 9.87. The number of nitrogens with two attached hydrogens (primary N) is 1. The molecule has 1 rings (SSSR count). The number of hydrogen-bond donors (Lipinski definition) is 2. The number of hydrogen-bond acceptors (Lipinski definition) is 4. The van der Waals surface area contributed by atoms with Gasteiger partial charge in [-0.2, -0.15) is 0 Å². The number of carbonyl (C=O) groups excluding carboxylic acids is 3. The van der Waals surface area contributed by atoms with Crippen molar-refractivity contribution < 1.29 is 14.4 Å². The van der Waals surface area contributed by atoms with Gasteiger partial charge >= 0.3 is 0 Å². The summed E-state index contributed by atoms with van der Waals surface area (Å²) in [7, 11) is 0. The molecule has 0 unspecified atom stereocenters. The Kier molecular flexibility index (Phi) is 9.19. The van der Waals surface area contributed by atoms with Crippen molar-refractivity contribution in [2.45, 2.75) is 78.2 Å². The predicted molar refractivity (Wildman–Crippen MR) is 95.4 cm³/mol. The minimum atomic E-state index is -0.504. The van der Waals surface area contributed by atoms with Gasteiger partial charge in [-0.25, -0.2) is 0 Å². The van der Waals surface area contributed by atoms with Gasteiger partial charge in [0.15, 0.2) is 5.78 Å². The Bertz CT molecular complexity index is 428. The Balaban J connectivity index is 2.68. The quantitative estimate of drug-likeness (QED) is 0.606. The summed E-state index contributed by atoms with van der Waals surface area (Å²) < 4.78 is 0. The highest BCUT2D eigenvalue weighted by Gasteiger charge is 2.29. The standard InChI is InChI=1S/C19H34N2O3/c1-13(2)11-16(14(3)22)12-18(23)17(9-6-10-20)21-19(24)15-7-4-5-8-15/h13,15-17H,4-12,20H2,1-3H3,(H,21,24)/t16-,17+/m1/s1. The van der Waals surface area contributed by atoms with E-state index in [1.165, 1.54) is 0 Å². The largest absolute Gasteiger partial charge is 0.346 e. The smallest absolute Gasteiger partial charge is 0.223 e. The van der Waals surface area contributed by atoms with E-state index in [0.29, 0.717) is 31.7 Å². The van der Waals surface area contributed by atoms with Crippen molar-refractivity contribution in [2.75, 3.05) is 6.54 Å². The molecule has 1 saturated carbocycles. The maximum absolute atomic E-state index is 12.7. The molecule has 0 spiro atoms. The lowest BCUT2D eigenvalue weighted by Crippen LogP contribution is -2.44. The van der Waals surface area contributed by atoms with Crippen LogP contribution in [0.3, 0.4) is 0 Å². The Labute approximate surface area is 146 Å². The van der Waals surface area contributed by atoms with E-state index in [2.05, 4.69) is 5.32 Å². The first-order valence-electron chi connectivity index (χ1n) is 9.38. The Morgan fingerprint density at radius 1 is 1.17 bits per heavy atom. The highest BCUT2D eigenvalue weighted by atomic mass is 16.2. The second-order valence-electron chi connectivity index (χ2n) is 7.58. The second kappa shape index (κ2) is 10.6. The van der Waals surface area contributed by atoms with Crippen LogP contribution in [0.25, 0.3) is 0 Å². The Hall–Kier alpha value is -1.23. The molecular formula is C19H34N2O3. The molecule has 0 bridgehead atoms. The number of amides is 1. The van der Waals surface area contributed by atoms with Gasteiger partial charge in [0.2, 0.25) is 5.91 Å². The minimum Gasteiger partial charge on any atom is -0.346 e. The van der Waals surface area contributed by atoms with Crippen molar-refractivity contribution in [3.8, 4) is 0 Å². The van der Waals surface area contributed by atoms with E-state index in [4.69, 9.17) is 5.73 Å². The van der Waals surface area contributed by atoms with Gasteiger partial charge in [-0.1, -0.05) is 26.7 Å². The molecule has 3 N–H and O–H groups in total. The summed E-state index contributed by atoms with van der Waals surface area (Å²) in [5.41, 5.74) is 5.57. The van der Waals surface area contributed by atoms with E-state index in [0.717, 1.165) is 25.7 Å². The molecule has 0 aliphatic heterocycles. The lowest BCUT2D eigenvalue weighted by Gasteiger charge is -2.22. The molecule has 5 heteroatoms. The molecular weight excluding hydrogens is 304 g/mol. The number of nitrogens with one attached hydrogen (secondary N) is 1. The first-order chi connectivity index (χ1) is 11.3. The number of rotatable bonds is 11. The van der Waals surface area contributed by atoms with Crippen LogP contribution < -0.4 is 11.1 Å². The van der Waals surface area contributed by atoms with E-state index in [9.17, 15) is 14.4 Å². The fraction of sp³-hybridized carbons (Fsp3) is 0.842. The van der Waals surface area contributed by atoms with Crippen LogP contribution in [0.5, 0.6) is 0 Å². The molecule has 1 amide bonds. The van der Waals surface area contributed by atoms with Gasteiger partial charge in [0.1, 0.15) is 5.78 Å². The molecule has 0 heterocycles. The monoisotopic (exact) mass is 338 g/mol. The third kappa shape index (κ3) is 7.12. The van der Waals surface area contributed by atoms with Gasteiger partial charge in [0.05, 0.1) is 6.04 Å². The first-order valence-corrected chi connectivity index (χ1v) is 9.38. The fourth-order valence-electron chi connectivity index (χ4n) is 3.46. The molecule has 0 aromatic carbocycles. The molecule has 0 aromatic heterocycles. The number of ketones is 2. The van der Waals surface area contributed by atoms with Crippen molar-refractivity contribution in [2.24, 2.45) is 23.5 Å². The maximum Gasteiger partial charge on any atom is 0.223 e. The van der Waals surface area contributed by atoms with Gasteiger partial charge < -0.3 is 11.1 Å². The van der Waals surface area contributed by atoms with Crippen molar-refractivity contribution in [1.29, 1.82) is 0 Å². The molecule has 0 saturated heterocycles. The van der Waals surface area contributed by atoms with Gasteiger partial charge in [0, 0.05) is 18.3 Å². The highest BCUT2D eigenvalue weighted by Crippen LogP contribution is 2.25. The van der Waals surface area contributed by atoms with E-state index >= 15 is 0 Å². The zero-order valence-corrected chi connectivity index (χ0v) is 15.5. The first kappa shape index (κ1) is 20.8. The van der Waals surface area contributed by atoms with E-state index < -0.39 is 6.04 Å². The Morgan fingerprint density at radius 2 is 1.79 bits per heavy atom. The average Bonchev–Trinajstić information content (AvgIpc) is 3.04. The fourth-order valence-corrected chi connectivity index (χ4v) is 3.46. The molecule has 1 fully saturated rings. The Morgan fingerprint density at radius 3 is 2.29 bits per heavy atom. The maximum atomic E-state index is 12.7. The van der Waals surface area contributed by atoms with Crippen LogP contribution in [-0.4, -0.2) is 30.1 Å². The summed E-state index contributed by atoms with van der Waals surface area (Å²) in [4.78, 5) is 36.9. The summed E-state index contributed by atoms with van der Waals surface area (Å²) in [5, 5.41) is 2.94. The van der Waals surface area contributed by atoms with Crippen molar-refractivity contribution in [3.05, 3.63) is 0 Å². The van der Waals surface area contributed by atoms with Gasteiger partial charge in [0.25, 0.3) is 0 Å². The molecule has 1 aliphatic rings. The third-order valence-corrected chi connectivity index (χ3v) is 4.91. The zero-order valence-electron chi connectivity index (χ0n) is 15.5. The van der Waals surface area contributed by atoms with Crippen molar-refractivity contribution >= 4 is 17.5 Å². The third-order valence-electron chi connectivity index (χ3n) is 4.91. The van der Waals surface area contributed by atoms with Crippen LogP contribution >= 0.6 is 0 Å². The number of carbonyl (C=O) groups is 3. The van der Waals surface area contributed by atoms with Crippen molar-refractivity contribution in [1.82, 2.24) is 5.32 Å². The second-order valence-corrected chi connectivity index (χ2v) is 7.58. The van der Waals surface area contributed by atoms with Gasteiger partial charge in [-0.15, -0.1) is 0 Å². The van der Waals surface area contributed by atoms with Crippen LogP contribution in [0.15, 0.2) is 0 Å². The lowest BCUT2D eigenvalue weighted by molar-refractivity contribution is -0.132. The molecule has 2 atom stereocenters. The summed E-state index contributed by atoms with van der Waals surface area (Å²) in [6.45, 7) is 6.14. The summed E-state index contributed by atoms with van der Waals surface area (Å²) >= 11 is 0. The van der Waals surface area contributed by atoms with Crippen LogP contribution in [0, 0.1) is 17.8 Å². The topological polar surface area (TPSA) is 89.3 Å². The predicted octanol–water partition coefficient (Wildman–Crippen LogP) is 2.61. The molecule has 0 aromatic rings. The summed E-state index contributed by atoms with van der Waals surface area (Å²) in [6, 6.07) is -0.504. The molecule has 5 nitrogen and oxygen atoms in total. The summed E-state index contributed by atoms with van der Waals surface area (Å²) in [5.74, 6) is 0.166. The number of Topliss-reactive ketones (excluding diaryl/α,β-unsaturated/α-hetero) is 2. The average molecular weight is 338 g/mol. The van der Waals surface area contributed by atoms with Gasteiger partial charge in [-0.3, -0.25) is 14.4 Å². The molecule has 138 valence electrons. The molecule has 1 aliphatic carbocycles. The van der Waals surface area contributed by atoms with Crippen LogP contribution in [0.1, 0.15) is 72.1 Å². The normalized spacial score (nSPS) is 17.7. The van der Waals surface area contributed by atoms with Crippen molar-refractivity contribution in [3.63, 3.8) is 0 Å². The van der Waals surface area contributed by atoms with E-state index in [-0.39, 0.29) is 35.7 Å². The summed E-state index contributed by atoms with van der Waals surface area (Å²) in [6.07, 6.45) is 6.16. The van der Waals surface area contributed by atoms with Crippen LogP contribution in [0.2, 0.25) is 0 Å². The highest BCUT2D eigenvalue weighted by molar-refractivity contribution is 5.92. The molecule has 24 heavy (non-hydrogen) atoms. The van der Waals surface area contributed by atoms with Crippen LogP contribution in [-0.2, 0) is 14.4 Å². The minimum absolute atomic E-state index is 0.00824. The SMILES string of the molecule is CC(=O)[C@@H](CC(=O)[C@H](CCCN)NC(=O)C1CCCC1)CC(C)C. The van der Waals surface area contributed by atoms with E-state index in [1.54, 1.807) is 6.92 Å².